The number of amidine groups is 1. The van der Waals surface area contributed by atoms with Crippen LogP contribution in [0.2, 0.25) is 10.0 Å². The quantitative estimate of drug-likeness (QED) is 0.377. The Hall–Kier alpha value is -1.66. The predicted octanol–water partition coefficient (Wildman–Crippen LogP) is 3.48. The molecule has 0 aliphatic rings. The van der Waals surface area contributed by atoms with E-state index >= 15 is 0 Å². The fraction of sp³-hybridized carbons (Fsp3) is 0.333. The lowest BCUT2D eigenvalue weighted by atomic mass is 10.1. The first-order valence-corrected chi connectivity index (χ1v) is 6.50. The summed E-state index contributed by atoms with van der Waals surface area (Å²) in [4.78, 5) is 4.83. The predicted molar refractivity (Wildman–Crippen MR) is 81.6 cm³/mol. The van der Waals surface area contributed by atoms with Crippen molar-refractivity contribution in [3.8, 4) is 0 Å². The number of hydrogen-bond donors (Lipinski definition) is 1. The molecule has 0 spiro atoms. The molecule has 20 heavy (non-hydrogen) atoms. The average Bonchev–Trinajstić information content (AvgIpc) is 2.44. The number of hydrogen-bond acceptors (Lipinski definition) is 4. The first kappa shape index (κ1) is 16.4. The summed E-state index contributed by atoms with van der Waals surface area (Å²) >= 11 is 11.9. The van der Waals surface area contributed by atoms with Crippen molar-refractivity contribution < 1.29 is 4.84 Å². The van der Waals surface area contributed by atoms with E-state index in [9.17, 15) is 0 Å². The van der Waals surface area contributed by atoms with E-state index in [2.05, 4.69) is 20.6 Å². The SMILES string of the molecule is CN=NN=C(N)CCC(=NOC)c1ccc(Cl)c(Cl)c1. The molecule has 0 unspecified atom stereocenters. The Labute approximate surface area is 127 Å². The summed E-state index contributed by atoms with van der Waals surface area (Å²) in [6, 6.07) is 5.24. The van der Waals surface area contributed by atoms with Gasteiger partial charge in [-0.25, -0.2) is 0 Å². The van der Waals surface area contributed by atoms with Crippen molar-refractivity contribution in [2.75, 3.05) is 14.2 Å². The van der Waals surface area contributed by atoms with Crippen molar-refractivity contribution in [1.82, 2.24) is 0 Å². The van der Waals surface area contributed by atoms with Crippen LogP contribution in [-0.4, -0.2) is 25.7 Å². The van der Waals surface area contributed by atoms with E-state index < -0.39 is 0 Å². The van der Waals surface area contributed by atoms with Gasteiger partial charge in [0.1, 0.15) is 12.9 Å². The third-order valence-electron chi connectivity index (χ3n) is 2.33. The molecule has 6 nitrogen and oxygen atoms in total. The molecule has 108 valence electrons. The van der Waals surface area contributed by atoms with Crippen LogP contribution in [0.4, 0.5) is 0 Å². The van der Waals surface area contributed by atoms with Crippen molar-refractivity contribution in [2.45, 2.75) is 12.8 Å². The van der Waals surface area contributed by atoms with Crippen molar-refractivity contribution >= 4 is 34.7 Å². The van der Waals surface area contributed by atoms with Gasteiger partial charge in [0.05, 0.1) is 22.8 Å². The monoisotopic (exact) mass is 315 g/mol. The summed E-state index contributed by atoms with van der Waals surface area (Å²) < 4.78 is 0. The van der Waals surface area contributed by atoms with E-state index in [1.54, 1.807) is 12.1 Å². The van der Waals surface area contributed by atoms with Gasteiger partial charge in [-0.05, 0) is 17.4 Å². The maximum absolute atomic E-state index is 5.99. The lowest BCUT2D eigenvalue weighted by Gasteiger charge is -2.06. The smallest absolute Gasteiger partial charge is 0.124 e. The third kappa shape index (κ3) is 5.14. The number of nitrogens with zero attached hydrogens (tertiary/aromatic N) is 4. The minimum atomic E-state index is 0.361. The number of benzene rings is 1. The van der Waals surface area contributed by atoms with Gasteiger partial charge in [0, 0.05) is 18.4 Å². The molecule has 0 radical (unpaired) electrons. The Morgan fingerprint density at radius 1 is 1.25 bits per heavy atom. The molecule has 0 bridgehead atoms. The molecular formula is C12H15Cl2N5O. The summed E-state index contributed by atoms with van der Waals surface area (Å²) in [5, 5.41) is 15.6. The van der Waals surface area contributed by atoms with Crippen LogP contribution >= 0.6 is 23.2 Å². The first-order chi connectivity index (χ1) is 9.58. The highest BCUT2D eigenvalue weighted by atomic mass is 35.5. The Balaban J connectivity index is 2.85. The fourth-order valence-electron chi connectivity index (χ4n) is 1.43. The molecule has 0 aliphatic heterocycles. The van der Waals surface area contributed by atoms with Crippen LogP contribution in [0.5, 0.6) is 0 Å². The highest BCUT2D eigenvalue weighted by Crippen LogP contribution is 2.23. The van der Waals surface area contributed by atoms with E-state index in [0.717, 1.165) is 5.56 Å². The molecule has 8 heteroatoms. The minimum absolute atomic E-state index is 0.361. The Kier molecular flexibility index (Phi) is 6.97. The van der Waals surface area contributed by atoms with Crippen LogP contribution in [0.3, 0.4) is 0 Å². The number of halogens is 2. The van der Waals surface area contributed by atoms with E-state index in [1.165, 1.54) is 14.2 Å². The van der Waals surface area contributed by atoms with E-state index in [0.29, 0.717) is 34.4 Å². The summed E-state index contributed by atoms with van der Waals surface area (Å²) in [7, 11) is 2.99. The minimum Gasteiger partial charge on any atom is -0.399 e. The second-order valence-corrected chi connectivity index (χ2v) is 4.54. The maximum Gasteiger partial charge on any atom is 0.124 e. The molecule has 0 amide bonds. The van der Waals surface area contributed by atoms with Crippen molar-refractivity contribution in [1.29, 1.82) is 0 Å². The summed E-state index contributed by atoms with van der Waals surface area (Å²) in [6.07, 6.45) is 1.00. The summed E-state index contributed by atoms with van der Waals surface area (Å²) in [5.41, 5.74) is 7.19. The standard InChI is InChI=1S/C12H15Cl2N5O/c1-16-19-17-12(15)6-5-11(18-20-2)8-3-4-9(13)10(14)7-8/h3-4,7H,5-6H2,1-2H3,(H2,15,16,17). The van der Waals surface area contributed by atoms with E-state index in [-0.39, 0.29) is 0 Å². The number of oxime groups is 1. The lowest BCUT2D eigenvalue weighted by Crippen LogP contribution is -2.14. The van der Waals surface area contributed by atoms with Crippen LogP contribution in [0.25, 0.3) is 0 Å². The zero-order chi connectivity index (χ0) is 15.0. The number of rotatable bonds is 6. The summed E-state index contributed by atoms with van der Waals surface area (Å²) in [5.74, 6) is 0.361. The largest absolute Gasteiger partial charge is 0.399 e. The normalized spacial score (nSPS) is 13.0. The van der Waals surface area contributed by atoms with Gasteiger partial charge in [-0.3, -0.25) is 0 Å². The average molecular weight is 316 g/mol. The molecule has 0 fully saturated rings. The van der Waals surface area contributed by atoms with Crippen molar-refractivity contribution in [2.24, 2.45) is 26.3 Å². The van der Waals surface area contributed by atoms with Gasteiger partial charge in [-0.15, -0.1) is 5.10 Å². The number of nitrogens with two attached hydrogens (primary N) is 1. The van der Waals surface area contributed by atoms with Gasteiger partial charge >= 0.3 is 0 Å². The van der Waals surface area contributed by atoms with E-state index in [4.69, 9.17) is 33.8 Å². The van der Waals surface area contributed by atoms with Gasteiger partial charge in [0.25, 0.3) is 0 Å². The maximum atomic E-state index is 5.99. The van der Waals surface area contributed by atoms with Crippen molar-refractivity contribution in [3.63, 3.8) is 0 Å². The molecule has 0 atom stereocenters. The zero-order valence-electron chi connectivity index (χ0n) is 11.2. The fourth-order valence-corrected chi connectivity index (χ4v) is 1.73. The molecule has 0 aromatic heterocycles. The van der Waals surface area contributed by atoms with Crippen molar-refractivity contribution in [3.05, 3.63) is 33.8 Å². The molecule has 0 saturated carbocycles. The van der Waals surface area contributed by atoms with Gasteiger partial charge < -0.3 is 10.6 Å². The van der Waals surface area contributed by atoms with Gasteiger partial charge in [0.15, 0.2) is 0 Å². The molecule has 2 N–H and O–H groups in total. The zero-order valence-corrected chi connectivity index (χ0v) is 12.7. The second-order valence-electron chi connectivity index (χ2n) is 3.73. The molecular weight excluding hydrogens is 301 g/mol. The van der Waals surface area contributed by atoms with Gasteiger partial charge in [-0.2, -0.15) is 5.11 Å². The highest BCUT2D eigenvalue weighted by Gasteiger charge is 2.08. The van der Waals surface area contributed by atoms with Crippen LogP contribution in [0.15, 0.2) is 38.8 Å². The molecule has 1 rings (SSSR count). The van der Waals surface area contributed by atoms with Crippen LogP contribution in [0, 0.1) is 0 Å². The van der Waals surface area contributed by atoms with Crippen LogP contribution < -0.4 is 5.73 Å². The molecule has 1 aromatic carbocycles. The summed E-state index contributed by atoms with van der Waals surface area (Å²) in [6.45, 7) is 0. The molecule has 0 saturated heterocycles. The van der Waals surface area contributed by atoms with Crippen LogP contribution in [-0.2, 0) is 4.84 Å². The Morgan fingerprint density at radius 3 is 2.60 bits per heavy atom. The first-order valence-electron chi connectivity index (χ1n) is 5.75. The topological polar surface area (TPSA) is 84.7 Å². The Morgan fingerprint density at radius 2 is 2.00 bits per heavy atom. The van der Waals surface area contributed by atoms with Gasteiger partial charge in [-0.1, -0.05) is 34.4 Å². The van der Waals surface area contributed by atoms with Crippen LogP contribution in [0.1, 0.15) is 18.4 Å². The Bertz CT molecular complexity index is 543. The third-order valence-corrected chi connectivity index (χ3v) is 3.07. The lowest BCUT2D eigenvalue weighted by molar-refractivity contribution is 0.213. The highest BCUT2D eigenvalue weighted by molar-refractivity contribution is 6.42. The van der Waals surface area contributed by atoms with E-state index in [1.807, 2.05) is 6.07 Å². The molecule has 1 aromatic rings. The van der Waals surface area contributed by atoms with Gasteiger partial charge in [0.2, 0.25) is 0 Å². The molecule has 0 aliphatic carbocycles. The molecule has 0 heterocycles. The second kappa shape index (κ2) is 8.50.